The molecule has 0 aromatic carbocycles. The minimum absolute atomic E-state index is 0.0174. The Balaban J connectivity index is 1.97. The molecular weight excluding hydrogens is 228 g/mol. The highest BCUT2D eigenvalue weighted by atomic mass is 32.2. The van der Waals surface area contributed by atoms with Crippen LogP contribution in [0, 0.1) is 5.92 Å². The standard InChI is InChI=1S/C10H18N2O3S/c11-9-2-1-4-12(6-9)10(13)8-3-5-16(14,15)7-8/h8-9H,1-7,11H2/t8?,9-/m1/s1. The summed E-state index contributed by atoms with van der Waals surface area (Å²) in [5.41, 5.74) is 5.80. The molecule has 5 nitrogen and oxygen atoms in total. The first kappa shape index (κ1) is 11.9. The summed E-state index contributed by atoms with van der Waals surface area (Å²) in [6.45, 7) is 1.30. The van der Waals surface area contributed by atoms with Gasteiger partial charge in [-0.1, -0.05) is 0 Å². The SMILES string of the molecule is N[C@@H]1CCCN(C(=O)C2CCS(=O)(=O)C2)C1. The molecule has 2 rings (SSSR count). The van der Waals surface area contributed by atoms with E-state index in [0.717, 1.165) is 19.4 Å². The molecule has 2 saturated heterocycles. The van der Waals surface area contributed by atoms with E-state index in [4.69, 9.17) is 5.73 Å². The van der Waals surface area contributed by atoms with Crippen molar-refractivity contribution in [3.05, 3.63) is 0 Å². The summed E-state index contributed by atoms with van der Waals surface area (Å²) in [6, 6.07) is 0.0516. The molecule has 0 aromatic heterocycles. The normalized spacial score (nSPS) is 33.9. The van der Waals surface area contributed by atoms with Crippen molar-refractivity contribution >= 4 is 15.7 Å². The number of nitrogens with zero attached hydrogens (tertiary/aromatic N) is 1. The highest BCUT2D eigenvalue weighted by molar-refractivity contribution is 7.91. The predicted molar refractivity (Wildman–Crippen MR) is 60.6 cm³/mol. The van der Waals surface area contributed by atoms with Gasteiger partial charge in [0.1, 0.15) is 0 Å². The Labute approximate surface area is 95.9 Å². The predicted octanol–water partition coefficient (Wildman–Crippen LogP) is -0.629. The average Bonchev–Trinajstić information content (AvgIpc) is 2.58. The fourth-order valence-corrected chi connectivity index (χ4v) is 4.19. The quantitative estimate of drug-likeness (QED) is 0.668. The molecule has 16 heavy (non-hydrogen) atoms. The lowest BCUT2D eigenvalue weighted by molar-refractivity contribution is -0.135. The summed E-state index contributed by atoms with van der Waals surface area (Å²) >= 11 is 0. The molecule has 1 amide bonds. The van der Waals surface area contributed by atoms with Gasteiger partial charge in [-0.05, 0) is 19.3 Å². The number of carbonyl (C=O) groups is 1. The molecule has 2 aliphatic heterocycles. The molecule has 0 saturated carbocycles. The van der Waals surface area contributed by atoms with Crippen LogP contribution in [0.2, 0.25) is 0 Å². The summed E-state index contributed by atoms with van der Waals surface area (Å²) < 4.78 is 22.6. The second-order valence-corrected chi connectivity index (χ2v) is 7.02. The molecule has 0 aliphatic carbocycles. The highest BCUT2D eigenvalue weighted by Gasteiger charge is 2.36. The Morgan fingerprint density at radius 1 is 1.31 bits per heavy atom. The third-order valence-corrected chi connectivity index (χ3v) is 5.12. The number of likely N-dealkylation sites (tertiary alicyclic amines) is 1. The molecule has 2 N–H and O–H groups in total. The van der Waals surface area contributed by atoms with Gasteiger partial charge in [0, 0.05) is 19.1 Å². The van der Waals surface area contributed by atoms with Crippen molar-refractivity contribution in [3.8, 4) is 0 Å². The molecule has 92 valence electrons. The number of piperidine rings is 1. The second-order valence-electron chi connectivity index (χ2n) is 4.79. The van der Waals surface area contributed by atoms with Crippen LogP contribution in [0.15, 0.2) is 0 Å². The van der Waals surface area contributed by atoms with E-state index < -0.39 is 9.84 Å². The molecule has 0 aromatic rings. The van der Waals surface area contributed by atoms with E-state index in [0.29, 0.717) is 13.0 Å². The Bertz CT molecular complexity index is 380. The number of hydrogen-bond acceptors (Lipinski definition) is 4. The van der Waals surface area contributed by atoms with E-state index in [1.807, 2.05) is 0 Å². The Hall–Kier alpha value is -0.620. The molecule has 1 unspecified atom stereocenters. The molecular formula is C10H18N2O3S. The minimum atomic E-state index is -2.97. The van der Waals surface area contributed by atoms with Crippen LogP contribution in [0.4, 0.5) is 0 Å². The fourth-order valence-electron chi connectivity index (χ4n) is 2.46. The summed E-state index contributed by atoms with van der Waals surface area (Å²) in [6.07, 6.45) is 2.35. The largest absolute Gasteiger partial charge is 0.341 e. The smallest absolute Gasteiger partial charge is 0.226 e. The Kier molecular flexibility index (Phi) is 3.21. The summed E-state index contributed by atoms with van der Waals surface area (Å²) in [5.74, 6) is -0.160. The van der Waals surface area contributed by atoms with Gasteiger partial charge in [0.15, 0.2) is 9.84 Å². The lowest BCUT2D eigenvalue weighted by Crippen LogP contribution is -2.48. The van der Waals surface area contributed by atoms with Gasteiger partial charge in [0.25, 0.3) is 0 Å². The monoisotopic (exact) mass is 246 g/mol. The van der Waals surface area contributed by atoms with Crippen LogP contribution in [0.3, 0.4) is 0 Å². The molecule has 0 radical (unpaired) electrons. The first-order valence-corrected chi connectivity index (χ1v) is 7.55. The molecule has 2 aliphatic rings. The van der Waals surface area contributed by atoms with E-state index in [1.54, 1.807) is 4.90 Å². The molecule has 2 fully saturated rings. The summed E-state index contributed by atoms with van der Waals surface area (Å²) in [4.78, 5) is 13.8. The zero-order chi connectivity index (χ0) is 11.8. The maximum Gasteiger partial charge on any atom is 0.226 e. The lowest BCUT2D eigenvalue weighted by Gasteiger charge is -2.32. The van der Waals surface area contributed by atoms with Crippen molar-refractivity contribution in [1.29, 1.82) is 0 Å². The van der Waals surface area contributed by atoms with Crippen LogP contribution >= 0.6 is 0 Å². The van der Waals surface area contributed by atoms with Crippen molar-refractivity contribution in [1.82, 2.24) is 4.90 Å². The summed E-state index contributed by atoms with van der Waals surface area (Å²) in [7, 11) is -2.97. The van der Waals surface area contributed by atoms with Crippen LogP contribution in [-0.2, 0) is 14.6 Å². The van der Waals surface area contributed by atoms with E-state index in [2.05, 4.69) is 0 Å². The first-order valence-electron chi connectivity index (χ1n) is 5.73. The van der Waals surface area contributed by atoms with Crippen molar-refractivity contribution in [2.45, 2.75) is 25.3 Å². The zero-order valence-electron chi connectivity index (χ0n) is 9.26. The first-order chi connectivity index (χ1) is 7.48. The number of amides is 1. The average molecular weight is 246 g/mol. The highest BCUT2D eigenvalue weighted by Crippen LogP contribution is 2.22. The topological polar surface area (TPSA) is 80.5 Å². The van der Waals surface area contributed by atoms with E-state index >= 15 is 0 Å². The Morgan fingerprint density at radius 3 is 2.62 bits per heavy atom. The van der Waals surface area contributed by atoms with Gasteiger partial charge in [0.2, 0.25) is 5.91 Å². The maximum atomic E-state index is 12.0. The van der Waals surface area contributed by atoms with Crippen LogP contribution in [-0.4, -0.2) is 49.9 Å². The third kappa shape index (κ3) is 2.55. The van der Waals surface area contributed by atoms with Crippen molar-refractivity contribution in [2.24, 2.45) is 11.7 Å². The van der Waals surface area contributed by atoms with E-state index in [1.165, 1.54) is 0 Å². The minimum Gasteiger partial charge on any atom is -0.341 e. The number of rotatable bonds is 1. The molecule has 2 atom stereocenters. The van der Waals surface area contributed by atoms with Crippen LogP contribution in [0.1, 0.15) is 19.3 Å². The van der Waals surface area contributed by atoms with Crippen molar-refractivity contribution in [2.75, 3.05) is 24.6 Å². The fraction of sp³-hybridized carbons (Fsp3) is 0.900. The number of carbonyl (C=O) groups excluding carboxylic acids is 1. The third-order valence-electron chi connectivity index (χ3n) is 3.35. The molecule has 0 bridgehead atoms. The van der Waals surface area contributed by atoms with Gasteiger partial charge in [-0.3, -0.25) is 4.79 Å². The van der Waals surface area contributed by atoms with Gasteiger partial charge < -0.3 is 10.6 Å². The maximum absolute atomic E-state index is 12.0. The molecule has 0 spiro atoms. The second kappa shape index (κ2) is 4.33. The van der Waals surface area contributed by atoms with Crippen molar-refractivity contribution < 1.29 is 13.2 Å². The van der Waals surface area contributed by atoms with E-state index in [-0.39, 0.29) is 29.4 Å². The summed E-state index contributed by atoms with van der Waals surface area (Å²) in [5, 5.41) is 0. The van der Waals surface area contributed by atoms with Gasteiger partial charge in [-0.2, -0.15) is 0 Å². The van der Waals surface area contributed by atoms with Crippen LogP contribution in [0.25, 0.3) is 0 Å². The van der Waals surface area contributed by atoms with Crippen molar-refractivity contribution in [3.63, 3.8) is 0 Å². The zero-order valence-corrected chi connectivity index (χ0v) is 10.1. The molecule has 6 heteroatoms. The van der Waals surface area contributed by atoms with E-state index in [9.17, 15) is 13.2 Å². The van der Waals surface area contributed by atoms with Crippen LogP contribution < -0.4 is 5.73 Å². The van der Waals surface area contributed by atoms with Gasteiger partial charge in [-0.25, -0.2) is 8.42 Å². The van der Waals surface area contributed by atoms with Gasteiger partial charge in [-0.15, -0.1) is 0 Å². The van der Waals surface area contributed by atoms with Gasteiger partial charge >= 0.3 is 0 Å². The lowest BCUT2D eigenvalue weighted by atomic mass is 10.0. The number of nitrogens with two attached hydrogens (primary N) is 1. The molecule has 2 heterocycles. The van der Waals surface area contributed by atoms with Gasteiger partial charge in [0.05, 0.1) is 17.4 Å². The number of sulfone groups is 1. The number of hydrogen-bond donors (Lipinski definition) is 1. The Morgan fingerprint density at radius 2 is 2.06 bits per heavy atom. The van der Waals surface area contributed by atoms with Crippen LogP contribution in [0.5, 0.6) is 0 Å².